The SMILES string of the molecule is CCC1Cc2c(cccc2OC)N1. The van der Waals surface area contributed by atoms with Gasteiger partial charge in [0.05, 0.1) is 7.11 Å². The van der Waals surface area contributed by atoms with Crippen molar-refractivity contribution in [3.05, 3.63) is 23.8 Å². The van der Waals surface area contributed by atoms with E-state index in [9.17, 15) is 0 Å². The van der Waals surface area contributed by atoms with Gasteiger partial charge in [0.1, 0.15) is 5.75 Å². The first-order chi connectivity index (χ1) is 6.35. The maximum atomic E-state index is 5.31. The molecule has 0 aliphatic carbocycles. The Morgan fingerprint density at radius 3 is 3.08 bits per heavy atom. The Balaban J connectivity index is 2.33. The number of methoxy groups -OCH3 is 1. The fourth-order valence-corrected chi connectivity index (χ4v) is 1.87. The molecule has 2 rings (SSSR count). The maximum absolute atomic E-state index is 5.31. The van der Waals surface area contributed by atoms with E-state index < -0.39 is 0 Å². The zero-order valence-corrected chi connectivity index (χ0v) is 8.13. The predicted molar refractivity (Wildman–Crippen MR) is 54.4 cm³/mol. The van der Waals surface area contributed by atoms with Crippen molar-refractivity contribution in [1.82, 2.24) is 0 Å². The van der Waals surface area contributed by atoms with E-state index in [1.807, 2.05) is 12.1 Å². The van der Waals surface area contributed by atoms with Gasteiger partial charge < -0.3 is 10.1 Å². The summed E-state index contributed by atoms with van der Waals surface area (Å²) in [6.45, 7) is 2.20. The number of rotatable bonds is 2. The molecule has 1 aromatic rings. The molecule has 0 fully saturated rings. The van der Waals surface area contributed by atoms with E-state index in [0.29, 0.717) is 6.04 Å². The number of hydrogen-bond acceptors (Lipinski definition) is 2. The van der Waals surface area contributed by atoms with Crippen LogP contribution in [-0.2, 0) is 6.42 Å². The molecule has 0 amide bonds. The van der Waals surface area contributed by atoms with E-state index in [1.54, 1.807) is 7.11 Å². The molecule has 0 saturated heterocycles. The highest BCUT2D eigenvalue weighted by Crippen LogP contribution is 2.33. The summed E-state index contributed by atoms with van der Waals surface area (Å²) >= 11 is 0. The van der Waals surface area contributed by atoms with Gasteiger partial charge in [0.15, 0.2) is 0 Å². The fourth-order valence-electron chi connectivity index (χ4n) is 1.87. The lowest BCUT2D eigenvalue weighted by Crippen LogP contribution is -2.12. The van der Waals surface area contributed by atoms with Gasteiger partial charge in [-0.2, -0.15) is 0 Å². The minimum absolute atomic E-state index is 0.589. The van der Waals surface area contributed by atoms with E-state index in [0.717, 1.165) is 18.6 Å². The van der Waals surface area contributed by atoms with Crippen LogP contribution < -0.4 is 10.1 Å². The molecular formula is C11H15NO. The van der Waals surface area contributed by atoms with E-state index in [4.69, 9.17) is 4.74 Å². The van der Waals surface area contributed by atoms with Crippen LogP contribution >= 0.6 is 0 Å². The summed E-state index contributed by atoms with van der Waals surface area (Å²) in [5.74, 6) is 1.01. The average Bonchev–Trinajstić information content (AvgIpc) is 2.59. The minimum atomic E-state index is 0.589. The second-order valence-corrected chi connectivity index (χ2v) is 3.44. The molecule has 70 valence electrons. The largest absolute Gasteiger partial charge is 0.496 e. The summed E-state index contributed by atoms with van der Waals surface area (Å²) in [6, 6.07) is 6.76. The van der Waals surface area contributed by atoms with Crippen LogP contribution in [0.5, 0.6) is 5.75 Å². The minimum Gasteiger partial charge on any atom is -0.496 e. The first kappa shape index (κ1) is 8.42. The fraction of sp³-hybridized carbons (Fsp3) is 0.455. The van der Waals surface area contributed by atoms with Crippen LogP contribution in [0.25, 0.3) is 0 Å². The van der Waals surface area contributed by atoms with Gasteiger partial charge >= 0.3 is 0 Å². The van der Waals surface area contributed by atoms with Gasteiger partial charge in [0.2, 0.25) is 0 Å². The Morgan fingerprint density at radius 2 is 2.38 bits per heavy atom. The maximum Gasteiger partial charge on any atom is 0.124 e. The molecule has 1 aromatic carbocycles. The summed E-state index contributed by atoms with van der Waals surface area (Å²) in [5.41, 5.74) is 2.57. The average molecular weight is 177 g/mol. The summed E-state index contributed by atoms with van der Waals surface area (Å²) in [6.07, 6.45) is 2.26. The molecule has 0 bridgehead atoms. The first-order valence-corrected chi connectivity index (χ1v) is 4.77. The molecule has 13 heavy (non-hydrogen) atoms. The van der Waals surface area contributed by atoms with Gasteiger partial charge in [0, 0.05) is 17.3 Å². The Bertz CT molecular complexity index is 309. The van der Waals surface area contributed by atoms with Gasteiger partial charge in [0.25, 0.3) is 0 Å². The number of ether oxygens (including phenoxy) is 1. The lowest BCUT2D eigenvalue weighted by atomic mass is 10.1. The van der Waals surface area contributed by atoms with Gasteiger partial charge in [-0.15, -0.1) is 0 Å². The summed E-state index contributed by atoms with van der Waals surface area (Å²) in [4.78, 5) is 0. The van der Waals surface area contributed by atoms with E-state index in [2.05, 4.69) is 18.3 Å². The number of fused-ring (bicyclic) bond motifs is 1. The van der Waals surface area contributed by atoms with Crippen molar-refractivity contribution in [2.75, 3.05) is 12.4 Å². The molecule has 1 N–H and O–H groups in total. The third-order valence-electron chi connectivity index (χ3n) is 2.66. The third kappa shape index (κ3) is 1.37. The van der Waals surface area contributed by atoms with Crippen molar-refractivity contribution in [1.29, 1.82) is 0 Å². The smallest absolute Gasteiger partial charge is 0.124 e. The van der Waals surface area contributed by atoms with Gasteiger partial charge in [-0.3, -0.25) is 0 Å². The number of benzene rings is 1. The van der Waals surface area contributed by atoms with E-state index in [1.165, 1.54) is 11.3 Å². The lowest BCUT2D eigenvalue weighted by Gasteiger charge is -2.05. The van der Waals surface area contributed by atoms with Crippen molar-refractivity contribution < 1.29 is 4.74 Å². The van der Waals surface area contributed by atoms with Crippen LogP contribution in [0.15, 0.2) is 18.2 Å². The molecule has 1 atom stereocenters. The number of anilines is 1. The molecule has 0 aromatic heterocycles. The second kappa shape index (κ2) is 3.29. The van der Waals surface area contributed by atoms with Crippen molar-refractivity contribution >= 4 is 5.69 Å². The Labute approximate surface area is 78.9 Å². The normalized spacial score (nSPS) is 19.4. The standard InChI is InChI=1S/C11H15NO/c1-3-8-7-9-10(12-8)5-4-6-11(9)13-2/h4-6,8,12H,3,7H2,1-2H3. The van der Waals surface area contributed by atoms with Crippen LogP contribution in [0.3, 0.4) is 0 Å². The predicted octanol–water partition coefficient (Wildman–Crippen LogP) is 2.44. The zero-order chi connectivity index (χ0) is 9.26. The quantitative estimate of drug-likeness (QED) is 0.749. The first-order valence-electron chi connectivity index (χ1n) is 4.77. The molecule has 1 heterocycles. The van der Waals surface area contributed by atoms with Gasteiger partial charge in [-0.1, -0.05) is 13.0 Å². The van der Waals surface area contributed by atoms with Crippen LogP contribution in [0, 0.1) is 0 Å². The van der Waals surface area contributed by atoms with Crippen LogP contribution in [0.2, 0.25) is 0 Å². The van der Waals surface area contributed by atoms with Gasteiger partial charge in [-0.25, -0.2) is 0 Å². The van der Waals surface area contributed by atoms with Crippen molar-refractivity contribution in [2.24, 2.45) is 0 Å². The molecule has 1 aliphatic rings. The van der Waals surface area contributed by atoms with Crippen molar-refractivity contribution in [3.8, 4) is 5.75 Å². The zero-order valence-electron chi connectivity index (χ0n) is 8.13. The van der Waals surface area contributed by atoms with Crippen LogP contribution in [0.1, 0.15) is 18.9 Å². The molecule has 1 unspecified atom stereocenters. The van der Waals surface area contributed by atoms with Crippen LogP contribution in [0.4, 0.5) is 5.69 Å². The topological polar surface area (TPSA) is 21.3 Å². The monoisotopic (exact) mass is 177 g/mol. The van der Waals surface area contributed by atoms with E-state index >= 15 is 0 Å². The molecule has 0 radical (unpaired) electrons. The molecular weight excluding hydrogens is 162 g/mol. The van der Waals surface area contributed by atoms with Gasteiger partial charge in [-0.05, 0) is 25.0 Å². The molecule has 2 nitrogen and oxygen atoms in total. The molecule has 2 heteroatoms. The highest BCUT2D eigenvalue weighted by atomic mass is 16.5. The Kier molecular flexibility index (Phi) is 2.13. The third-order valence-corrected chi connectivity index (χ3v) is 2.66. The molecule has 1 aliphatic heterocycles. The second-order valence-electron chi connectivity index (χ2n) is 3.44. The molecule has 0 saturated carbocycles. The van der Waals surface area contributed by atoms with E-state index in [-0.39, 0.29) is 0 Å². The summed E-state index contributed by atoms with van der Waals surface area (Å²) in [5, 5.41) is 3.48. The molecule has 0 spiro atoms. The van der Waals surface area contributed by atoms with Crippen LogP contribution in [-0.4, -0.2) is 13.2 Å². The highest BCUT2D eigenvalue weighted by Gasteiger charge is 2.21. The Hall–Kier alpha value is -1.18. The summed E-state index contributed by atoms with van der Waals surface area (Å²) < 4.78 is 5.31. The highest BCUT2D eigenvalue weighted by molar-refractivity contribution is 5.62. The summed E-state index contributed by atoms with van der Waals surface area (Å²) in [7, 11) is 1.73. The Morgan fingerprint density at radius 1 is 1.54 bits per heavy atom. The number of nitrogens with one attached hydrogen (secondary N) is 1. The number of hydrogen-bond donors (Lipinski definition) is 1. The van der Waals surface area contributed by atoms with Crippen molar-refractivity contribution in [2.45, 2.75) is 25.8 Å². The van der Waals surface area contributed by atoms with Crippen molar-refractivity contribution in [3.63, 3.8) is 0 Å². The lowest BCUT2D eigenvalue weighted by molar-refractivity contribution is 0.410.